The van der Waals surface area contributed by atoms with E-state index in [2.05, 4.69) is 40.4 Å². The molecule has 8 rings (SSSR count). The van der Waals surface area contributed by atoms with Gasteiger partial charge in [-0.05, 0) is 68.7 Å². The first-order chi connectivity index (χ1) is 26.8. The molecule has 1 atom stereocenters. The second kappa shape index (κ2) is 14.5. The maximum Gasteiger partial charge on any atom is 0.265 e. The zero-order chi connectivity index (χ0) is 39.4. The fourth-order valence-corrected chi connectivity index (χ4v) is 7.71. The lowest BCUT2D eigenvalue weighted by Gasteiger charge is -2.34. The van der Waals surface area contributed by atoms with Gasteiger partial charge >= 0.3 is 0 Å². The van der Waals surface area contributed by atoms with Gasteiger partial charge in [0.05, 0.1) is 22.8 Å². The number of pyridine rings is 1. The number of benzene rings is 2. The van der Waals surface area contributed by atoms with Crippen molar-refractivity contribution in [3.8, 4) is 11.3 Å². The Balaban J connectivity index is 0.874. The van der Waals surface area contributed by atoms with Crippen LogP contribution in [0.2, 0.25) is 0 Å². The number of fused-ring (bicyclic) bond motifs is 2. The van der Waals surface area contributed by atoms with Crippen molar-refractivity contribution >= 4 is 46.4 Å². The third-order valence-electron chi connectivity index (χ3n) is 10.4. The zero-order valence-corrected chi connectivity index (χ0v) is 30.8. The summed E-state index contributed by atoms with van der Waals surface area (Å²) in [6.07, 6.45) is 2.73. The SMILES string of the molecule is Cc1nc2c(F)cc(-c3nc(Nc4ccc(CN5CCN(Cc6cc(F)c7c(c6)C(=O)N(C6CCC(=O)NC6=O)C7=O)CC5)cn4)ncc3F)cc2n1C(C)C. The molecule has 0 spiro atoms. The molecular weight excluding hydrogens is 729 g/mol. The Morgan fingerprint density at radius 3 is 2.25 bits per heavy atom. The van der Waals surface area contributed by atoms with Crippen LogP contribution in [0, 0.1) is 24.4 Å². The lowest BCUT2D eigenvalue weighted by Crippen LogP contribution is -2.54. The highest BCUT2D eigenvalue weighted by atomic mass is 19.1. The van der Waals surface area contributed by atoms with Gasteiger partial charge in [0, 0.05) is 63.5 Å². The van der Waals surface area contributed by atoms with Crippen LogP contribution in [-0.2, 0) is 22.7 Å². The number of imidazole rings is 1. The number of nitrogens with one attached hydrogen (secondary N) is 2. The summed E-state index contributed by atoms with van der Waals surface area (Å²) in [4.78, 5) is 72.6. The lowest BCUT2D eigenvalue weighted by atomic mass is 10.0. The van der Waals surface area contributed by atoms with Crippen LogP contribution >= 0.6 is 0 Å². The molecule has 2 saturated heterocycles. The topological polar surface area (TPSA) is 159 Å². The summed E-state index contributed by atoms with van der Waals surface area (Å²) >= 11 is 0. The van der Waals surface area contributed by atoms with Gasteiger partial charge < -0.3 is 9.88 Å². The van der Waals surface area contributed by atoms with Crippen molar-refractivity contribution in [2.45, 2.75) is 58.8 Å². The van der Waals surface area contributed by atoms with Crippen LogP contribution in [0.4, 0.5) is 24.9 Å². The molecule has 0 radical (unpaired) electrons. The van der Waals surface area contributed by atoms with Gasteiger partial charge in [-0.25, -0.2) is 33.1 Å². The Morgan fingerprint density at radius 1 is 0.839 bits per heavy atom. The molecule has 0 aliphatic carbocycles. The number of amides is 4. The second-order valence-electron chi connectivity index (χ2n) is 14.5. The van der Waals surface area contributed by atoms with Crippen LogP contribution in [0.15, 0.2) is 48.8 Å². The maximum atomic E-state index is 15.3. The highest BCUT2D eigenvalue weighted by Crippen LogP contribution is 2.32. The van der Waals surface area contributed by atoms with Crippen LogP contribution in [0.25, 0.3) is 22.3 Å². The number of nitrogens with zero attached hydrogens (tertiary/aromatic N) is 8. The van der Waals surface area contributed by atoms with Gasteiger partial charge in [-0.1, -0.05) is 6.07 Å². The van der Waals surface area contributed by atoms with Crippen molar-refractivity contribution in [3.05, 3.63) is 94.3 Å². The number of hydrogen-bond donors (Lipinski definition) is 2. The van der Waals surface area contributed by atoms with Crippen LogP contribution in [0.3, 0.4) is 0 Å². The third kappa shape index (κ3) is 6.87. The van der Waals surface area contributed by atoms with Crippen molar-refractivity contribution < 1.29 is 32.3 Å². The minimum absolute atomic E-state index is 0.00695. The fourth-order valence-electron chi connectivity index (χ4n) is 7.71. The number of aryl methyl sites for hydroxylation is 1. The number of carbonyl (C=O) groups excluding carboxylic acids is 4. The largest absolute Gasteiger partial charge is 0.326 e. The van der Waals surface area contributed by atoms with E-state index in [0.717, 1.165) is 16.7 Å². The number of imide groups is 2. The van der Waals surface area contributed by atoms with Gasteiger partial charge in [-0.3, -0.25) is 39.2 Å². The molecule has 5 aromatic rings. The molecule has 0 bridgehead atoms. The van der Waals surface area contributed by atoms with Crippen molar-refractivity contribution in [2.24, 2.45) is 0 Å². The monoisotopic (exact) mass is 766 g/mol. The van der Waals surface area contributed by atoms with E-state index in [0.29, 0.717) is 62.0 Å². The molecule has 2 fully saturated rings. The minimum atomic E-state index is -1.16. The Bertz CT molecular complexity index is 2430. The summed E-state index contributed by atoms with van der Waals surface area (Å²) in [6, 6.07) is 8.20. The first kappa shape index (κ1) is 36.9. The number of anilines is 2. The Kier molecular flexibility index (Phi) is 9.58. The van der Waals surface area contributed by atoms with E-state index >= 15 is 13.2 Å². The molecule has 17 heteroatoms. The highest BCUT2D eigenvalue weighted by Gasteiger charge is 2.46. The number of rotatable bonds is 9. The van der Waals surface area contributed by atoms with Gasteiger partial charge in [-0.2, -0.15) is 0 Å². The molecule has 2 N–H and O–H groups in total. The molecule has 288 valence electrons. The molecule has 3 aliphatic rings. The van der Waals surface area contributed by atoms with E-state index in [9.17, 15) is 19.2 Å². The van der Waals surface area contributed by atoms with Crippen LogP contribution in [0.1, 0.15) is 70.4 Å². The summed E-state index contributed by atoms with van der Waals surface area (Å²) in [7, 11) is 0. The van der Waals surface area contributed by atoms with E-state index in [1.165, 1.54) is 18.2 Å². The molecule has 3 aliphatic heterocycles. The summed E-state index contributed by atoms with van der Waals surface area (Å²) in [5.74, 6) is -3.75. The van der Waals surface area contributed by atoms with Crippen LogP contribution in [0.5, 0.6) is 0 Å². The molecular formula is C39H37F3N10O4. The second-order valence-corrected chi connectivity index (χ2v) is 14.5. The van der Waals surface area contributed by atoms with Crippen molar-refractivity contribution in [2.75, 3.05) is 31.5 Å². The standard InChI is InChI=1S/C39H37F3N10O4/c1-20(2)51-21(3)45-35-27(41)14-24(15-30(35)51)34-28(42)17-44-39(48-34)46-31-6-4-22(16-43-31)18-49-8-10-50(11-9-49)19-23-12-25-33(26(40)13-23)38(56)52(37(25)55)29-5-7-32(53)47-36(29)54/h4,6,12-17,20,29H,5,7-11,18-19H2,1-3H3,(H,47,53,54)(H,43,44,46,48). The zero-order valence-electron chi connectivity index (χ0n) is 30.8. The van der Waals surface area contributed by atoms with E-state index in [1.54, 1.807) is 25.3 Å². The molecule has 0 saturated carbocycles. The first-order valence-electron chi connectivity index (χ1n) is 18.3. The number of piperidine rings is 1. The third-order valence-corrected chi connectivity index (χ3v) is 10.4. The summed E-state index contributed by atoms with van der Waals surface area (Å²) in [5.41, 5.74) is 2.01. The average Bonchev–Trinajstić information content (AvgIpc) is 3.63. The number of halogens is 3. The van der Waals surface area contributed by atoms with Crippen molar-refractivity contribution in [1.82, 2.24) is 44.5 Å². The highest BCUT2D eigenvalue weighted by molar-refractivity contribution is 6.23. The minimum Gasteiger partial charge on any atom is -0.326 e. The van der Waals surface area contributed by atoms with Gasteiger partial charge in [0.15, 0.2) is 11.6 Å². The number of hydrogen-bond acceptors (Lipinski definition) is 11. The van der Waals surface area contributed by atoms with Gasteiger partial charge in [0.25, 0.3) is 11.8 Å². The smallest absolute Gasteiger partial charge is 0.265 e. The van der Waals surface area contributed by atoms with E-state index in [4.69, 9.17) is 0 Å². The summed E-state index contributed by atoms with van der Waals surface area (Å²) in [5, 5.41) is 5.14. The summed E-state index contributed by atoms with van der Waals surface area (Å²) in [6.45, 7) is 9.47. The van der Waals surface area contributed by atoms with Gasteiger partial charge in [-0.15, -0.1) is 0 Å². The predicted octanol–water partition coefficient (Wildman–Crippen LogP) is 4.66. The molecule has 4 amide bonds. The first-order valence-corrected chi connectivity index (χ1v) is 18.3. The summed E-state index contributed by atoms with van der Waals surface area (Å²) < 4.78 is 47.3. The maximum absolute atomic E-state index is 15.3. The van der Waals surface area contributed by atoms with Crippen LogP contribution < -0.4 is 10.6 Å². The molecule has 2 aromatic carbocycles. The molecule has 1 unspecified atom stereocenters. The Labute approximate surface area is 318 Å². The molecule has 3 aromatic heterocycles. The number of carbonyl (C=O) groups is 4. The van der Waals surface area contributed by atoms with Crippen LogP contribution in [-0.4, -0.2) is 95.1 Å². The van der Waals surface area contributed by atoms with Crippen molar-refractivity contribution in [3.63, 3.8) is 0 Å². The fraction of sp³-hybridized carbons (Fsp3) is 0.333. The Hall–Kier alpha value is -6.07. The van der Waals surface area contributed by atoms with E-state index in [-0.39, 0.29) is 52.7 Å². The molecule has 14 nitrogen and oxygen atoms in total. The van der Waals surface area contributed by atoms with Gasteiger partial charge in [0.1, 0.15) is 34.7 Å². The number of aromatic nitrogens is 5. The average molecular weight is 767 g/mol. The predicted molar refractivity (Wildman–Crippen MR) is 197 cm³/mol. The quantitative estimate of drug-likeness (QED) is 0.201. The number of piperazine rings is 1. The van der Waals surface area contributed by atoms with E-state index in [1.807, 2.05) is 24.5 Å². The Morgan fingerprint density at radius 2 is 1.57 bits per heavy atom. The van der Waals surface area contributed by atoms with Gasteiger partial charge in [0.2, 0.25) is 17.8 Å². The molecule has 6 heterocycles. The molecule has 56 heavy (non-hydrogen) atoms. The van der Waals surface area contributed by atoms with Crippen molar-refractivity contribution in [1.29, 1.82) is 0 Å². The van der Waals surface area contributed by atoms with E-state index < -0.39 is 47.1 Å². The lowest BCUT2D eigenvalue weighted by molar-refractivity contribution is -0.136. The normalized spacial score (nSPS) is 18.0.